The molecule has 0 saturated carbocycles. The van der Waals surface area contributed by atoms with Crippen molar-refractivity contribution >= 4 is 134 Å². The quantitative estimate of drug-likeness (QED) is 0.0227. The Bertz CT molecular complexity index is 5590. The van der Waals surface area contributed by atoms with Gasteiger partial charge < -0.3 is 125 Å². The summed E-state index contributed by atoms with van der Waals surface area (Å²) in [6.07, 6.45) is 5.58. The van der Waals surface area contributed by atoms with Crippen LogP contribution in [-0.2, 0) is 114 Å². The lowest BCUT2D eigenvalue weighted by Crippen LogP contribution is -2.61. The zero-order valence-corrected chi connectivity index (χ0v) is 83.4. The van der Waals surface area contributed by atoms with Crippen LogP contribution in [-0.4, -0.2) is 337 Å². The predicted octanol–water partition coefficient (Wildman–Crippen LogP) is -0.902. The minimum Gasteiger partial charge on any atom is -0.508 e. The van der Waals surface area contributed by atoms with E-state index in [4.69, 9.17) is 17.2 Å². The van der Waals surface area contributed by atoms with Gasteiger partial charge in [0.1, 0.15) is 90.3 Å². The number of imidazole rings is 1. The van der Waals surface area contributed by atoms with Gasteiger partial charge in [0.25, 0.3) is 0 Å². The number of likely N-dealkylation sites (N-methyl/N-ethyl adjacent to an activating group) is 3. The first-order valence-corrected chi connectivity index (χ1v) is 50.2. The van der Waals surface area contributed by atoms with Gasteiger partial charge >= 0.3 is 5.97 Å². The van der Waals surface area contributed by atoms with E-state index in [0.717, 1.165) is 26.5 Å². The molecule has 0 spiro atoms. The molecule has 0 radical (unpaired) electrons. The number of phenols is 1. The van der Waals surface area contributed by atoms with Crippen molar-refractivity contribution in [3.63, 3.8) is 0 Å². The number of nitrogens with one attached hydrogen (secondary N) is 13. The Morgan fingerprint density at radius 1 is 0.569 bits per heavy atom. The second kappa shape index (κ2) is 54.5. The fourth-order valence-electron chi connectivity index (χ4n) is 18.2. The largest absolute Gasteiger partial charge is 0.508 e. The summed E-state index contributed by atoms with van der Waals surface area (Å²) in [5, 5.41) is 75.2. The second-order valence-corrected chi connectivity index (χ2v) is 38.5. The van der Waals surface area contributed by atoms with Gasteiger partial charge in [0.2, 0.25) is 94.5 Å². The number of benzene rings is 3. The van der Waals surface area contributed by atoms with Crippen LogP contribution < -0.4 is 70.4 Å². The number of hydrogen-bond donors (Lipinski definition) is 19. The Balaban J connectivity index is 1.05. The monoisotopic (exact) mass is 2020 g/mol. The van der Waals surface area contributed by atoms with Gasteiger partial charge in [-0.15, -0.1) is 16.9 Å². The van der Waals surface area contributed by atoms with Crippen molar-refractivity contribution in [3.8, 4) is 5.75 Å². The normalized spacial score (nSPS) is 24.0. The van der Waals surface area contributed by atoms with Gasteiger partial charge in [-0.2, -0.15) is 0 Å². The van der Waals surface area contributed by atoms with Crippen LogP contribution in [0.4, 0.5) is 0 Å². The van der Waals surface area contributed by atoms with E-state index in [9.17, 15) is 53.7 Å². The third kappa shape index (κ3) is 31.3. The number of primary amides is 1. The lowest BCUT2D eigenvalue weighted by molar-refractivity contribution is -0.149. The van der Waals surface area contributed by atoms with Crippen LogP contribution in [0.25, 0.3) is 21.8 Å². The number of thioether (sulfide) groups is 1. The number of amides is 16. The van der Waals surface area contributed by atoms with Crippen molar-refractivity contribution in [1.29, 1.82) is 0 Å². The van der Waals surface area contributed by atoms with Crippen LogP contribution in [0.3, 0.4) is 0 Å². The van der Waals surface area contributed by atoms with Crippen LogP contribution >= 0.6 is 11.8 Å². The molecule has 15 atom stereocenters. The average Bonchev–Trinajstić information content (AvgIpc) is 1.61. The van der Waals surface area contributed by atoms with Crippen LogP contribution in [0.5, 0.6) is 5.75 Å². The first-order chi connectivity index (χ1) is 68.9. The van der Waals surface area contributed by atoms with E-state index in [1.807, 2.05) is 36.6 Å². The number of aliphatic carboxylic acids is 1. The molecule has 4 aromatic heterocycles. The highest BCUT2D eigenvalue weighted by Gasteiger charge is 2.47. The maximum Gasteiger partial charge on any atom is 0.305 e. The van der Waals surface area contributed by atoms with Crippen LogP contribution in [0, 0.1) is 5.92 Å². The van der Waals surface area contributed by atoms with E-state index in [2.05, 4.69) is 88.7 Å². The Kier molecular flexibility index (Phi) is 42.4. The fourth-order valence-corrected chi connectivity index (χ4v) is 19.1. The molecule has 3 aliphatic rings. The first-order valence-electron chi connectivity index (χ1n) is 49.1. The number of H-pyrrole nitrogens is 3. The number of carboxylic acid groups (broad SMARTS) is 1. The molecule has 3 aliphatic heterocycles. The molecule has 47 heteroatoms. The summed E-state index contributed by atoms with van der Waals surface area (Å²) < 4.78 is 1.84. The van der Waals surface area contributed by atoms with Gasteiger partial charge in [-0.25, -0.2) is 10.1 Å². The van der Waals surface area contributed by atoms with Gasteiger partial charge in [0, 0.05) is 118 Å². The van der Waals surface area contributed by atoms with Gasteiger partial charge in [-0.1, -0.05) is 108 Å². The molecule has 10 rings (SSSR count). The smallest absolute Gasteiger partial charge is 0.305 e. The van der Waals surface area contributed by atoms with Crippen molar-refractivity contribution in [2.24, 2.45) is 23.1 Å². The van der Waals surface area contributed by atoms with Crippen molar-refractivity contribution in [2.45, 2.75) is 273 Å². The summed E-state index contributed by atoms with van der Waals surface area (Å²) in [5.74, 6) is -17.1. The number of unbranched alkanes of at least 4 members (excludes halogenated alkanes) is 5. The molecular formula is C97H138N26O20S. The minimum atomic E-state index is -1.90. The second-order valence-electron chi connectivity index (χ2n) is 37.5. The van der Waals surface area contributed by atoms with Gasteiger partial charge in [-0.05, 0) is 148 Å². The lowest BCUT2D eigenvalue weighted by atomic mass is 9.99. The number of phenolic OH excluding ortho intramolecular Hbond substituents is 1. The number of fused-ring (bicyclic) bond motifs is 4. The van der Waals surface area contributed by atoms with Crippen molar-refractivity contribution in [3.05, 3.63) is 126 Å². The fraction of sp³-hybridized carbons (Fsp3) is 0.557. The maximum atomic E-state index is 16.3. The zero-order valence-electron chi connectivity index (χ0n) is 82.6. The Morgan fingerprint density at radius 3 is 1.81 bits per heavy atom. The van der Waals surface area contributed by atoms with Crippen LogP contribution in [0.15, 0.2) is 97.7 Å². The van der Waals surface area contributed by atoms with E-state index in [-0.39, 0.29) is 128 Å². The zero-order chi connectivity index (χ0) is 105. The number of aromatic nitrogens is 8. The van der Waals surface area contributed by atoms with E-state index in [1.54, 1.807) is 56.6 Å². The lowest BCUT2D eigenvalue weighted by Gasteiger charge is -2.36. The van der Waals surface area contributed by atoms with Crippen LogP contribution in [0.1, 0.15) is 178 Å². The third-order valence-corrected chi connectivity index (χ3v) is 27.2. The molecule has 3 saturated heterocycles. The summed E-state index contributed by atoms with van der Waals surface area (Å²) in [5.41, 5.74) is 20.7. The number of nitrogens with two attached hydrogens (primary N) is 3. The number of rotatable bonds is 32. The number of nitrogens with zero attached hydrogens (tertiary/aromatic N) is 10. The average molecular weight is 2020 g/mol. The molecule has 782 valence electrons. The number of aromatic amines is 3. The summed E-state index contributed by atoms with van der Waals surface area (Å²) in [6, 6.07) is -1.54. The van der Waals surface area contributed by atoms with E-state index < -0.39 is 222 Å². The molecule has 16 amide bonds. The highest BCUT2D eigenvalue weighted by atomic mass is 32.2. The Labute approximate surface area is 837 Å². The number of tetrazole rings is 1. The van der Waals surface area contributed by atoms with Crippen LogP contribution in [0.2, 0.25) is 0 Å². The van der Waals surface area contributed by atoms with E-state index in [0.29, 0.717) is 95.0 Å². The molecule has 144 heavy (non-hydrogen) atoms. The summed E-state index contributed by atoms with van der Waals surface area (Å²) >= 11 is 0.790. The third-order valence-electron chi connectivity index (χ3n) is 26.2. The van der Waals surface area contributed by atoms with Crippen molar-refractivity contribution in [2.75, 3.05) is 65.4 Å². The van der Waals surface area contributed by atoms with E-state index >= 15 is 43.2 Å². The highest BCUT2D eigenvalue weighted by molar-refractivity contribution is 8.00. The van der Waals surface area contributed by atoms with Gasteiger partial charge in [-0.3, -0.25) is 81.5 Å². The molecule has 3 fully saturated rings. The molecule has 46 nitrogen and oxygen atoms in total. The number of carboxylic acids is 1. The highest BCUT2D eigenvalue weighted by Crippen LogP contribution is 2.30. The molecule has 0 bridgehead atoms. The number of aliphatic hydroxyl groups excluding tert-OH is 1. The Morgan fingerprint density at radius 2 is 1.15 bits per heavy atom. The summed E-state index contributed by atoms with van der Waals surface area (Å²) in [7, 11) is 4.01. The maximum absolute atomic E-state index is 16.3. The Hall–Kier alpha value is -14.0. The number of aliphatic hydroxyl groups is 1. The number of carbonyl (C=O) groups is 17. The SMILES string of the molecule is CCCCC[C@H]1C(=O)N[C@@H](CC(C)C)C(=O)N[C@H](C(=O)NCC(N)=O)CSCC(=O)N[C@@H](Cc2ccc(O)cc2)C(=O)N(C)[C@@H](C)C(=O)N[C@@H](CC(=O)O)C(=O)N2CCC[C@H]2C(=O)N[C@@H](Cc2cnc[nH]2)C(=O)N[C@@H](CCCCN)C(=O)N2C[C@H](O)C[C@H]2C(=O)N[C@@H](Cc2c[nH]c3ccccc23)C(=O)N[C@@H](CCCCN)C(=O)N[C@@H](Cc2cn(Cc3nnn[nH]3)c3ccccc23)C(=O)N(C)[C@@H](CCCC)C(=O)N1C. The summed E-state index contributed by atoms with van der Waals surface area (Å²) in [4.78, 5) is 270. The predicted molar refractivity (Wildman–Crippen MR) is 529 cm³/mol. The number of carbonyl (C=O) groups excluding carboxylic acids is 16. The van der Waals surface area contributed by atoms with Gasteiger partial charge in [0.15, 0.2) is 5.82 Å². The molecule has 7 heterocycles. The van der Waals surface area contributed by atoms with Crippen molar-refractivity contribution < 1.29 is 96.8 Å². The molecule has 0 unspecified atom stereocenters. The first kappa shape index (κ1) is 112. The minimum absolute atomic E-state index is 0.0138. The number of para-hydroxylation sites is 2. The van der Waals surface area contributed by atoms with Crippen molar-refractivity contribution in [1.82, 2.24) is 118 Å². The number of aromatic hydroxyl groups is 1. The number of hydrogen-bond acceptors (Lipinski definition) is 26. The standard InChI is InChI=1S/C97H138N26O20S/c1-9-11-13-30-76-90(136)108-68(39-55(3)4)87(133)113-74(85(131)103-48-80(100)126)52-144-53-82(127)105-71(40-57-32-34-61(124)35-33-57)93(139)118(6)56(5)84(130)111-73(45-83(128)129)96(142)122-38-22-31-77(122)91(137)110-70(43-60-47-101-54-104-60)89(135)107-67(27-19-21-37-99)95(141)123-50-62(125)44-79(123)92(138)109-69(41-58-46-102-65-25-16-14-23-63(58)65)88(134)106-66(26-18-20-36-98)86(132)112-72(94(140)120(8)78(28-12-10-2)97(143)119(76)7)42-59-49-121(51-81-114-116-117-115-81)75-29-17-15-24-64(59)75/h14-17,23-25,29,32-35,46-47,49,54-56,62,66-74,76-79,102,124-125H,9-13,18-22,26-28,30-31,36-45,48,50-53,98-99H2,1-8H3,(H2,100,126)(H,101,104)(H,103,131)(H,105,127)(H,106,134)(H,107,135)(H,108,136)(H,109,138)(H,110,137)(H,111,130)(H,112,132)(H,113,133)(H,128,129)(H,114,115,116,117)/t56-,62+,66-,67-,68-,69-,70-,71-,72-,73-,74-,76-,77-,78-,79-/m0/s1. The van der Waals surface area contributed by atoms with E-state index in [1.165, 1.54) is 74.7 Å². The summed E-state index contributed by atoms with van der Waals surface area (Å²) in [6.45, 7) is 7.68. The van der Waals surface area contributed by atoms with Gasteiger partial charge in [0.05, 0.1) is 37.7 Å². The topological polar surface area (TPSA) is 669 Å². The molecule has 3 aromatic carbocycles. The molecule has 0 aliphatic carbocycles. The molecule has 22 N–H and O–H groups in total. The molecular weight excluding hydrogens is 1880 g/mol. The molecule has 7 aromatic rings.